The summed E-state index contributed by atoms with van der Waals surface area (Å²) in [6.45, 7) is 9.20. The lowest BCUT2D eigenvalue weighted by Gasteiger charge is -2.30. The molecule has 5 aromatic rings. The number of likely N-dealkylation sites (tertiary alicyclic amines) is 1. The molecule has 5 heterocycles. The van der Waals surface area contributed by atoms with Crippen molar-refractivity contribution < 1.29 is 19.1 Å². The van der Waals surface area contributed by atoms with Crippen LogP contribution in [-0.2, 0) is 20.9 Å². The van der Waals surface area contributed by atoms with Gasteiger partial charge in [-0.05, 0) is 68.5 Å². The number of anilines is 1. The molecule has 1 fully saturated rings. The van der Waals surface area contributed by atoms with Gasteiger partial charge in [-0.25, -0.2) is 9.97 Å². The highest BCUT2D eigenvalue weighted by molar-refractivity contribution is 6.01. The van der Waals surface area contributed by atoms with Crippen LogP contribution in [0.3, 0.4) is 0 Å². The van der Waals surface area contributed by atoms with Crippen molar-refractivity contribution in [3.8, 4) is 28.5 Å². The molecule has 52 heavy (non-hydrogen) atoms. The predicted octanol–water partition coefficient (Wildman–Crippen LogP) is 5.43. The van der Waals surface area contributed by atoms with Crippen LogP contribution in [0.15, 0.2) is 73.2 Å². The van der Waals surface area contributed by atoms with Gasteiger partial charge in [0.25, 0.3) is 5.91 Å². The molecule has 3 aromatic heterocycles. The van der Waals surface area contributed by atoms with Crippen LogP contribution in [0, 0.1) is 0 Å². The number of hydrogen-bond acceptors (Lipinski definition) is 9. The van der Waals surface area contributed by atoms with Crippen molar-refractivity contribution in [2.75, 3.05) is 45.2 Å². The summed E-state index contributed by atoms with van der Waals surface area (Å²) >= 11 is 0. The quantitative estimate of drug-likeness (QED) is 0.174. The molecule has 2 aliphatic rings. The summed E-state index contributed by atoms with van der Waals surface area (Å²) in [5.41, 5.74) is 5.30. The smallest absolute Gasteiger partial charge is 0.258 e. The van der Waals surface area contributed by atoms with Gasteiger partial charge in [-0.15, -0.1) is 0 Å². The number of aromatic amines is 1. The Labute approximate surface area is 303 Å². The van der Waals surface area contributed by atoms with E-state index in [1.807, 2.05) is 58.7 Å². The molecule has 2 amide bonds. The topological polar surface area (TPSA) is 143 Å². The second-order valence-corrected chi connectivity index (χ2v) is 13.7. The van der Waals surface area contributed by atoms with Crippen LogP contribution in [0.5, 0.6) is 5.88 Å². The van der Waals surface area contributed by atoms with Crippen LogP contribution in [-0.4, -0.2) is 103 Å². The van der Waals surface area contributed by atoms with E-state index in [4.69, 9.17) is 9.47 Å². The monoisotopic (exact) mass is 703 g/mol. The number of benzene rings is 2. The summed E-state index contributed by atoms with van der Waals surface area (Å²) in [6, 6.07) is 17.7. The molecule has 0 unspecified atom stereocenters. The van der Waals surface area contributed by atoms with Crippen LogP contribution in [0.1, 0.15) is 45.6 Å². The number of methoxy groups -OCH3 is 1. The highest BCUT2D eigenvalue weighted by Crippen LogP contribution is 2.32. The number of fused-ring (bicyclic) bond motifs is 1. The first kappa shape index (κ1) is 35.0. The number of hydrogen-bond donors (Lipinski definition) is 2. The molecule has 2 N–H and O–H groups in total. The van der Waals surface area contributed by atoms with Gasteiger partial charge in [0.1, 0.15) is 12.0 Å². The van der Waals surface area contributed by atoms with Crippen molar-refractivity contribution in [3.05, 3.63) is 78.8 Å². The Morgan fingerprint density at radius 2 is 1.83 bits per heavy atom. The third kappa shape index (κ3) is 7.46. The minimum atomic E-state index is -1.07. The van der Waals surface area contributed by atoms with E-state index in [2.05, 4.69) is 67.8 Å². The second-order valence-electron chi connectivity index (χ2n) is 13.7. The molecule has 2 aromatic carbocycles. The van der Waals surface area contributed by atoms with Crippen molar-refractivity contribution in [3.63, 3.8) is 0 Å². The maximum atomic E-state index is 13.7. The lowest BCUT2D eigenvalue weighted by Crippen LogP contribution is -2.48. The molecule has 1 saturated heterocycles. The molecule has 0 aliphatic carbocycles. The summed E-state index contributed by atoms with van der Waals surface area (Å²) < 4.78 is 13.4. The zero-order chi connectivity index (χ0) is 36.2. The van der Waals surface area contributed by atoms with Gasteiger partial charge in [0.2, 0.25) is 11.8 Å². The Morgan fingerprint density at radius 3 is 2.54 bits per heavy atom. The van der Waals surface area contributed by atoms with E-state index in [0.29, 0.717) is 44.2 Å². The molecule has 0 spiro atoms. The number of amides is 2. The molecule has 0 bridgehead atoms. The summed E-state index contributed by atoms with van der Waals surface area (Å²) in [5, 5.41) is 16.0. The van der Waals surface area contributed by atoms with Crippen LogP contribution in [0.25, 0.3) is 39.1 Å². The van der Waals surface area contributed by atoms with Crippen molar-refractivity contribution >= 4 is 34.0 Å². The number of carbonyl (C=O) groups is 2. The largest absolute Gasteiger partial charge is 0.475 e. The van der Waals surface area contributed by atoms with E-state index >= 15 is 0 Å². The molecular formula is C39H45N9O4. The average Bonchev–Trinajstić information content (AvgIpc) is 3.91. The van der Waals surface area contributed by atoms with Crippen molar-refractivity contribution in [2.45, 2.75) is 58.3 Å². The highest BCUT2D eigenvalue weighted by Gasteiger charge is 2.45. The molecule has 0 radical (unpaired) electrons. The molecule has 1 atom stereocenters. The van der Waals surface area contributed by atoms with E-state index in [-0.39, 0.29) is 24.5 Å². The first-order valence-corrected chi connectivity index (χ1v) is 17.9. The number of ether oxygens (including phenoxy) is 2. The van der Waals surface area contributed by atoms with E-state index in [1.165, 1.54) is 5.57 Å². The minimum Gasteiger partial charge on any atom is -0.475 e. The zero-order valence-corrected chi connectivity index (χ0v) is 30.1. The predicted molar refractivity (Wildman–Crippen MR) is 199 cm³/mol. The third-order valence-electron chi connectivity index (χ3n) is 9.73. The number of aryl methyl sites for hydroxylation is 1. The van der Waals surface area contributed by atoms with Crippen LogP contribution < -0.4 is 10.1 Å². The Morgan fingerprint density at radius 1 is 1.02 bits per heavy atom. The van der Waals surface area contributed by atoms with Crippen LogP contribution in [0.2, 0.25) is 0 Å². The molecule has 13 nitrogen and oxygen atoms in total. The van der Waals surface area contributed by atoms with E-state index < -0.39 is 5.60 Å². The number of nitrogens with zero attached hydrogens (tertiary/aromatic N) is 7. The summed E-state index contributed by atoms with van der Waals surface area (Å²) in [5.74, 6) is 1.08. The third-order valence-corrected chi connectivity index (χ3v) is 9.73. The number of rotatable bonds is 12. The Hall–Kier alpha value is -5.40. The van der Waals surface area contributed by atoms with Gasteiger partial charge >= 0.3 is 0 Å². The van der Waals surface area contributed by atoms with Crippen molar-refractivity contribution in [2.24, 2.45) is 0 Å². The Kier molecular flexibility index (Phi) is 10.1. The number of nitrogens with one attached hydrogen (secondary N) is 2. The minimum absolute atomic E-state index is 0.0291. The SMILES string of the molecule is CCCn1cnc(-c2ccc(C3=CCN(C(=O)CN4CC[C@@](OC)(C(=O)Nc5ccc6[nH]nc(-c7ccc(OC(C)C)nc7)c6c5)C4)CC3)cc2)n1. The van der Waals surface area contributed by atoms with E-state index in [9.17, 15) is 9.59 Å². The molecule has 0 saturated carbocycles. The number of pyridine rings is 1. The molecule has 7 rings (SSSR count). The molecule has 270 valence electrons. The van der Waals surface area contributed by atoms with Crippen LogP contribution >= 0.6 is 0 Å². The first-order valence-electron chi connectivity index (χ1n) is 17.9. The van der Waals surface area contributed by atoms with Gasteiger partial charge < -0.3 is 19.7 Å². The van der Waals surface area contributed by atoms with Gasteiger partial charge in [-0.1, -0.05) is 37.3 Å². The van der Waals surface area contributed by atoms with Gasteiger partial charge in [-0.2, -0.15) is 10.2 Å². The Balaban J connectivity index is 0.943. The molecular weight excluding hydrogens is 658 g/mol. The fraction of sp³-hybridized carbons (Fsp3) is 0.385. The van der Waals surface area contributed by atoms with Crippen molar-refractivity contribution in [1.82, 2.24) is 39.7 Å². The lowest BCUT2D eigenvalue weighted by molar-refractivity contribution is -0.138. The van der Waals surface area contributed by atoms with Gasteiger partial charge in [-0.3, -0.25) is 24.3 Å². The molecule has 13 heteroatoms. The average molecular weight is 704 g/mol. The maximum Gasteiger partial charge on any atom is 0.258 e. The Bertz CT molecular complexity index is 2070. The highest BCUT2D eigenvalue weighted by atomic mass is 16.5. The zero-order valence-electron chi connectivity index (χ0n) is 30.1. The number of carbonyl (C=O) groups excluding carboxylic acids is 2. The summed E-state index contributed by atoms with van der Waals surface area (Å²) in [4.78, 5) is 39.9. The van der Waals surface area contributed by atoms with Gasteiger partial charge in [0.05, 0.1) is 18.2 Å². The lowest BCUT2D eigenvalue weighted by atomic mass is 9.98. The number of aromatic nitrogens is 6. The van der Waals surface area contributed by atoms with Crippen molar-refractivity contribution in [1.29, 1.82) is 0 Å². The van der Waals surface area contributed by atoms with E-state index in [0.717, 1.165) is 58.5 Å². The van der Waals surface area contributed by atoms with Gasteiger partial charge in [0.15, 0.2) is 11.4 Å². The summed E-state index contributed by atoms with van der Waals surface area (Å²) in [6.07, 6.45) is 7.93. The standard InChI is InChI=1S/C39H45N9O4/c1-5-17-48-25-41-37(45-48)29-8-6-27(7-9-29)28-14-18-47(19-15-28)35(49)23-46-20-16-39(24-46,51-4)38(50)42-31-11-12-33-32(21-31)36(44-43-33)30-10-13-34(40-22-30)52-26(2)3/h6-14,21-22,25-26H,5,15-20,23-24H2,1-4H3,(H,42,50)(H,43,44)/t39-/m0/s1. The first-order chi connectivity index (χ1) is 25.2. The normalized spacial score (nSPS) is 17.9. The van der Waals surface area contributed by atoms with Crippen LogP contribution in [0.4, 0.5) is 5.69 Å². The second kappa shape index (κ2) is 15.1. The number of H-pyrrole nitrogens is 1. The maximum absolute atomic E-state index is 13.7. The molecule has 2 aliphatic heterocycles. The summed E-state index contributed by atoms with van der Waals surface area (Å²) in [7, 11) is 1.56. The fourth-order valence-electron chi connectivity index (χ4n) is 6.87. The van der Waals surface area contributed by atoms with E-state index in [1.54, 1.807) is 19.6 Å². The van der Waals surface area contributed by atoms with Gasteiger partial charge in [0, 0.05) is 74.3 Å². The fourth-order valence-corrected chi connectivity index (χ4v) is 6.87.